The first kappa shape index (κ1) is 11.9. The predicted molar refractivity (Wildman–Crippen MR) is 59.5 cm³/mol. The molecule has 1 aromatic rings. The van der Waals surface area contributed by atoms with Crippen LogP contribution in [0.2, 0.25) is 0 Å². The van der Waals surface area contributed by atoms with Gasteiger partial charge in [-0.3, -0.25) is 0 Å². The fourth-order valence-electron chi connectivity index (χ4n) is 1.42. The molecule has 1 aliphatic carbocycles. The van der Waals surface area contributed by atoms with Crippen LogP contribution in [0.15, 0.2) is 24.3 Å². The van der Waals surface area contributed by atoms with Crippen LogP contribution in [0.1, 0.15) is 12.8 Å². The van der Waals surface area contributed by atoms with Gasteiger partial charge in [0.15, 0.2) is 0 Å². The first-order valence-corrected chi connectivity index (χ1v) is 5.53. The number of aliphatic carboxylic acids is 1. The van der Waals surface area contributed by atoms with Gasteiger partial charge in [-0.25, -0.2) is 9.18 Å². The highest BCUT2D eigenvalue weighted by molar-refractivity contribution is 5.73. The van der Waals surface area contributed by atoms with Gasteiger partial charge in [-0.2, -0.15) is 0 Å². The van der Waals surface area contributed by atoms with Crippen LogP contribution in [0.5, 0.6) is 5.75 Å². The van der Waals surface area contributed by atoms with Crippen LogP contribution < -0.4 is 10.1 Å². The summed E-state index contributed by atoms with van der Waals surface area (Å²) in [5, 5.41) is 12.1. The lowest BCUT2D eigenvalue weighted by Crippen LogP contribution is -2.38. The molecule has 0 aliphatic heterocycles. The molecule has 1 atom stereocenters. The third kappa shape index (κ3) is 3.71. The molecule has 0 spiro atoms. The summed E-state index contributed by atoms with van der Waals surface area (Å²) in [5.41, 5.74) is 0. The monoisotopic (exact) mass is 239 g/mol. The van der Waals surface area contributed by atoms with Crippen LogP contribution in [0.4, 0.5) is 4.39 Å². The number of ether oxygens (including phenoxy) is 1. The van der Waals surface area contributed by atoms with Crippen LogP contribution in [-0.2, 0) is 4.79 Å². The maximum atomic E-state index is 12.7. The van der Waals surface area contributed by atoms with Crippen LogP contribution in [0.3, 0.4) is 0 Å². The SMILES string of the molecule is O=C(O)C(CNC1CC1)Oc1ccc(F)cc1. The number of carboxylic acids is 1. The van der Waals surface area contributed by atoms with E-state index < -0.39 is 12.1 Å². The molecule has 1 aliphatic rings. The van der Waals surface area contributed by atoms with E-state index in [0.717, 1.165) is 12.8 Å². The summed E-state index contributed by atoms with van der Waals surface area (Å²) in [5.74, 6) is -1.04. The second-order valence-corrected chi connectivity index (χ2v) is 4.08. The number of carbonyl (C=O) groups is 1. The van der Waals surface area contributed by atoms with Gasteiger partial charge in [-0.05, 0) is 37.1 Å². The number of halogens is 1. The van der Waals surface area contributed by atoms with E-state index in [1.165, 1.54) is 24.3 Å². The van der Waals surface area contributed by atoms with Gasteiger partial charge in [0.2, 0.25) is 6.10 Å². The highest BCUT2D eigenvalue weighted by Crippen LogP contribution is 2.19. The minimum Gasteiger partial charge on any atom is -0.478 e. The molecule has 0 radical (unpaired) electrons. The molecule has 0 bridgehead atoms. The average molecular weight is 239 g/mol. The fourth-order valence-corrected chi connectivity index (χ4v) is 1.42. The van der Waals surface area contributed by atoms with Gasteiger partial charge in [0, 0.05) is 12.6 Å². The van der Waals surface area contributed by atoms with E-state index in [2.05, 4.69) is 5.32 Å². The molecule has 2 rings (SSSR count). The lowest BCUT2D eigenvalue weighted by molar-refractivity contribution is -0.144. The summed E-state index contributed by atoms with van der Waals surface area (Å²) in [4.78, 5) is 11.0. The van der Waals surface area contributed by atoms with Gasteiger partial charge in [0.25, 0.3) is 0 Å². The van der Waals surface area contributed by atoms with E-state index in [1.807, 2.05) is 0 Å². The molecule has 92 valence electrons. The fraction of sp³-hybridized carbons (Fsp3) is 0.417. The number of carboxylic acid groups (broad SMARTS) is 1. The van der Waals surface area contributed by atoms with Crippen molar-refractivity contribution >= 4 is 5.97 Å². The zero-order valence-corrected chi connectivity index (χ0v) is 9.23. The average Bonchev–Trinajstić information content (AvgIpc) is 3.10. The maximum Gasteiger partial charge on any atom is 0.346 e. The Hall–Kier alpha value is -1.62. The number of rotatable bonds is 6. The number of benzene rings is 1. The van der Waals surface area contributed by atoms with Crippen molar-refractivity contribution in [1.29, 1.82) is 0 Å². The summed E-state index contributed by atoms with van der Waals surface area (Å²) in [6.45, 7) is 0.261. The Morgan fingerprint density at radius 1 is 1.47 bits per heavy atom. The Balaban J connectivity index is 1.91. The van der Waals surface area contributed by atoms with E-state index in [-0.39, 0.29) is 12.4 Å². The molecular formula is C12H14FNO3. The smallest absolute Gasteiger partial charge is 0.346 e. The van der Waals surface area contributed by atoms with E-state index in [1.54, 1.807) is 0 Å². The molecule has 17 heavy (non-hydrogen) atoms. The zero-order chi connectivity index (χ0) is 12.3. The van der Waals surface area contributed by atoms with Gasteiger partial charge < -0.3 is 15.2 Å². The molecule has 0 aromatic heterocycles. The van der Waals surface area contributed by atoms with Crippen molar-refractivity contribution < 1.29 is 19.0 Å². The van der Waals surface area contributed by atoms with E-state index >= 15 is 0 Å². The van der Waals surface area contributed by atoms with Gasteiger partial charge in [0.1, 0.15) is 11.6 Å². The van der Waals surface area contributed by atoms with Gasteiger partial charge in [-0.15, -0.1) is 0 Å². The third-order valence-electron chi connectivity index (χ3n) is 2.54. The van der Waals surface area contributed by atoms with Crippen molar-refractivity contribution in [2.45, 2.75) is 25.0 Å². The van der Waals surface area contributed by atoms with Crippen molar-refractivity contribution in [3.05, 3.63) is 30.1 Å². The van der Waals surface area contributed by atoms with E-state index in [4.69, 9.17) is 9.84 Å². The van der Waals surface area contributed by atoms with Crippen molar-refractivity contribution in [3.63, 3.8) is 0 Å². The molecule has 1 saturated carbocycles. The Kier molecular flexibility index (Phi) is 3.58. The summed E-state index contributed by atoms with van der Waals surface area (Å²) in [6.07, 6.45) is 1.23. The van der Waals surface area contributed by atoms with Crippen LogP contribution in [0, 0.1) is 5.82 Å². The Labute approximate surface area is 98.4 Å². The number of hydrogen-bond donors (Lipinski definition) is 2. The molecule has 0 heterocycles. The standard InChI is InChI=1S/C12H14FNO3/c13-8-1-5-10(6-2-8)17-11(12(15)16)7-14-9-3-4-9/h1-2,5-6,9,11,14H,3-4,7H2,(H,15,16). The highest BCUT2D eigenvalue weighted by atomic mass is 19.1. The normalized spacial score (nSPS) is 16.5. The van der Waals surface area contributed by atoms with E-state index in [9.17, 15) is 9.18 Å². The predicted octanol–water partition coefficient (Wildman–Crippen LogP) is 1.41. The maximum absolute atomic E-state index is 12.7. The van der Waals surface area contributed by atoms with Crippen LogP contribution in [-0.4, -0.2) is 29.8 Å². The summed E-state index contributed by atoms with van der Waals surface area (Å²) >= 11 is 0. The zero-order valence-electron chi connectivity index (χ0n) is 9.23. The van der Waals surface area contributed by atoms with Gasteiger partial charge in [-0.1, -0.05) is 0 Å². The molecule has 0 amide bonds. The quantitative estimate of drug-likeness (QED) is 0.788. The lowest BCUT2D eigenvalue weighted by Gasteiger charge is -2.15. The molecule has 1 fully saturated rings. The third-order valence-corrected chi connectivity index (χ3v) is 2.54. The highest BCUT2D eigenvalue weighted by Gasteiger charge is 2.25. The van der Waals surface area contributed by atoms with Crippen LogP contribution >= 0.6 is 0 Å². The minimum absolute atomic E-state index is 0.261. The van der Waals surface area contributed by atoms with E-state index in [0.29, 0.717) is 11.8 Å². The molecule has 1 aromatic carbocycles. The van der Waals surface area contributed by atoms with Crippen molar-refractivity contribution in [3.8, 4) is 5.75 Å². The molecule has 5 heteroatoms. The summed E-state index contributed by atoms with van der Waals surface area (Å²) in [6, 6.07) is 5.74. The van der Waals surface area contributed by atoms with Crippen molar-refractivity contribution in [1.82, 2.24) is 5.32 Å². The summed E-state index contributed by atoms with van der Waals surface area (Å²) in [7, 11) is 0. The topological polar surface area (TPSA) is 58.6 Å². The Morgan fingerprint density at radius 2 is 2.12 bits per heavy atom. The summed E-state index contributed by atoms with van der Waals surface area (Å²) < 4.78 is 17.9. The number of hydrogen-bond acceptors (Lipinski definition) is 3. The van der Waals surface area contributed by atoms with Gasteiger partial charge >= 0.3 is 5.97 Å². The van der Waals surface area contributed by atoms with Gasteiger partial charge in [0.05, 0.1) is 0 Å². The second-order valence-electron chi connectivity index (χ2n) is 4.08. The first-order chi connectivity index (χ1) is 8.15. The van der Waals surface area contributed by atoms with Crippen LogP contribution in [0.25, 0.3) is 0 Å². The second kappa shape index (κ2) is 5.14. The Bertz CT molecular complexity index is 389. The molecule has 2 N–H and O–H groups in total. The molecule has 0 saturated heterocycles. The number of nitrogens with one attached hydrogen (secondary N) is 1. The molecule has 1 unspecified atom stereocenters. The molecular weight excluding hydrogens is 225 g/mol. The Morgan fingerprint density at radius 3 is 2.65 bits per heavy atom. The largest absolute Gasteiger partial charge is 0.478 e. The van der Waals surface area contributed by atoms with Crippen molar-refractivity contribution in [2.24, 2.45) is 0 Å². The molecule has 4 nitrogen and oxygen atoms in total. The van der Waals surface area contributed by atoms with Crippen molar-refractivity contribution in [2.75, 3.05) is 6.54 Å². The lowest BCUT2D eigenvalue weighted by atomic mass is 10.3. The minimum atomic E-state index is -1.03. The first-order valence-electron chi connectivity index (χ1n) is 5.53.